The Bertz CT molecular complexity index is 1550. The van der Waals surface area contributed by atoms with Gasteiger partial charge in [0.2, 0.25) is 0 Å². The van der Waals surface area contributed by atoms with Gasteiger partial charge in [0.15, 0.2) is 0 Å². The molecule has 4 rings (SSSR count). The predicted octanol–water partition coefficient (Wildman–Crippen LogP) is 4.53. The fourth-order valence-electron chi connectivity index (χ4n) is 4.58. The van der Waals surface area contributed by atoms with Crippen LogP contribution < -0.4 is 19.5 Å². The van der Waals surface area contributed by atoms with E-state index in [-0.39, 0.29) is 53.5 Å². The number of likely N-dealkylation sites (N-methyl/N-ethyl adjacent to an activating group) is 1. The van der Waals surface area contributed by atoms with Gasteiger partial charge < -0.3 is 29.7 Å². The summed E-state index contributed by atoms with van der Waals surface area (Å²) in [5, 5.41) is 13.2. The van der Waals surface area contributed by atoms with Gasteiger partial charge in [-0.15, -0.1) is 0 Å². The Morgan fingerprint density at radius 1 is 1.14 bits per heavy atom. The number of hydrogen-bond donors (Lipinski definition) is 3. The van der Waals surface area contributed by atoms with Gasteiger partial charge in [-0.25, -0.2) is 13.2 Å². The number of nitrogens with zero attached hydrogens (tertiary/aromatic N) is 2. The number of urea groups is 1. The molecule has 0 spiro atoms. The Kier molecular flexibility index (Phi) is 10.0. The molecular formula is C30H35ClN4O7S. The summed E-state index contributed by atoms with van der Waals surface area (Å²) in [5.74, 6) is 0.249. The van der Waals surface area contributed by atoms with Crippen molar-refractivity contribution < 1.29 is 32.6 Å². The van der Waals surface area contributed by atoms with E-state index in [0.717, 1.165) is 0 Å². The minimum Gasteiger partial charge on any atom is -0.497 e. The first-order chi connectivity index (χ1) is 20.4. The molecule has 0 bridgehead atoms. The first-order valence-electron chi connectivity index (χ1n) is 13.6. The number of carbonyl (C=O) groups excluding carboxylic acids is 2. The zero-order valence-electron chi connectivity index (χ0n) is 24.3. The number of hydrogen-bond acceptors (Lipinski definition) is 7. The summed E-state index contributed by atoms with van der Waals surface area (Å²) < 4.78 is 40.0. The fraction of sp³-hybridized carbons (Fsp3) is 0.333. The Labute approximate surface area is 256 Å². The van der Waals surface area contributed by atoms with Gasteiger partial charge in [-0.1, -0.05) is 18.5 Å². The minimum atomic E-state index is -3.97. The maximum atomic E-state index is 13.7. The molecule has 0 unspecified atom stereocenters. The molecular weight excluding hydrogens is 596 g/mol. The van der Waals surface area contributed by atoms with Crippen molar-refractivity contribution in [3.8, 4) is 11.5 Å². The summed E-state index contributed by atoms with van der Waals surface area (Å²) >= 11 is 5.90. The van der Waals surface area contributed by atoms with E-state index in [4.69, 9.17) is 21.1 Å². The Balaban J connectivity index is 1.59. The van der Waals surface area contributed by atoms with Crippen LogP contribution in [0, 0.1) is 5.92 Å². The molecule has 0 fully saturated rings. The van der Waals surface area contributed by atoms with Crippen molar-refractivity contribution in [2.24, 2.45) is 5.92 Å². The number of ether oxygens (including phenoxy) is 2. The van der Waals surface area contributed by atoms with Gasteiger partial charge in [-0.3, -0.25) is 9.52 Å². The van der Waals surface area contributed by atoms with Crippen LogP contribution in [0.25, 0.3) is 0 Å². The molecule has 43 heavy (non-hydrogen) atoms. The molecule has 1 heterocycles. The number of fused-ring (bicyclic) bond motifs is 1. The summed E-state index contributed by atoms with van der Waals surface area (Å²) in [5.41, 5.74) is 0.874. The van der Waals surface area contributed by atoms with Crippen LogP contribution in [0.3, 0.4) is 0 Å². The molecule has 1 aliphatic heterocycles. The number of sulfonamides is 1. The van der Waals surface area contributed by atoms with E-state index in [2.05, 4.69) is 10.0 Å². The fourth-order valence-corrected chi connectivity index (χ4v) is 5.75. The number of amides is 3. The highest BCUT2D eigenvalue weighted by Crippen LogP contribution is 2.31. The lowest BCUT2D eigenvalue weighted by molar-refractivity contribution is 0.0371. The number of nitrogens with one attached hydrogen (secondary N) is 2. The van der Waals surface area contributed by atoms with Gasteiger partial charge in [0.05, 0.1) is 36.8 Å². The van der Waals surface area contributed by atoms with Crippen LogP contribution in [0.1, 0.15) is 24.2 Å². The second kappa shape index (κ2) is 13.5. The van der Waals surface area contributed by atoms with Crippen LogP contribution in [0.2, 0.25) is 5.02 Å². The van der Waals surface area contributed by atoms with E-state index in [0.29, 0.717) is 16.5 Å². The van der Waals surface area contributed by atoms with Crippen LogP contribution >= 0.6 is 11.6 Å². The van der Waals surface area contributed by atoms with Gasteiger partial charge in [0.1, 0.15) is 17.6 Å². The lowest BCUT2D eigenvalue weighted by Gasteiger charge is -2.38. The number of aliphatic hydroxyl groups excluding tert-OH is 1. The molecule has 3 atom stereocenters. The number of carbonyl (C=O) groups is 2. The third kappa shape index (κ3) is 7.70. The molecule has 0 saturated carbocycles. The third-order valence-corrected chi connectivity index (χ3v) is 8.83. The highest BCUT2D eigenvalue weighted by atomic mass is 35.5. The molecule has 1 aliphatic rings. The van der Waals surface area contributed by atoms with Crippen LogP contribution in [0.5, 0.6) is 11.5 Å². The summed E-state index contributed by atoms with van der Waals surface area (Å²) in [7, 11) is -0.769. The maximum Gasteiger partial charge on any atom is 0.321 e. The van der Waals surface area contributed by atoms with Crippen LogP contribution in [0.15, 0.2) is 71.6 Å². The largest absolute Gasteiger partial charge is 0.497 e. The Hall–Kier alpha value is -4.00. The first-order valence-corrected chi connectivity index (χ1v) is 15.4. The average Bonchev–Trinajstić information content (AvgIpc) is 2.99. The predicted molar refractivity (Wildman–Crippen MR) is 165 cm³/mol. The van der Waals surface area contributed by atoms with Crippen LogP contribution in [-0.2, 0) is 10.0 Å². The first kappa shape index (κ1) is 31.9. The topological polar surface area (TPSA) is 138 Å². The Morgan fingerprint density at radius 3 is 2.42 bits per heavy atom. The third-order valence-electron chi connectivity index (χ3n) is 7.18. The van der Waals surface area contributed by atoms with Gasteiger partial charge in [-0.2, -0.15) is 0 Å². The monoisotopic (exact) mass is 630 g/mol. The van der Waals surface area contributed by atoms with E-state index in [1.807, 2.05) is 6.92 Å². The van der Waals surface area contributed by atoms with E-state index < -0.39 is 28.1 Å². The molecule has 11 nitrogen and oxygen atoms in total. The number of methoxy groups -OCH3 is 1. The SMILES string of the molecule is COc1ccc(NC(=O)N(C)C[C@@H]2Oc3ccc(NS(=O)(=O)c4ccc(Cl)cc4)cc3C(=O)N([C@H](C)CO)C[C@@H]2C)cc1. The summed E-state index contributed by atoms with van der Waals surface area (Å²) in [6.45, 7) is 3.78. The molecule has 3 N–H and O–H groups in total. The smallest absolute Gasteiger partial charge is 0.321 e. The summed E-state index contributed by atoms with van der Waals surface area (Å²) in [6, 6.07) is 16.2. The highest BCUT2D eigenvalue weighted by Gasteiger charge is 2.34. The van der Waals surface area contributed by atoms with Gasteiger partial charge in [0.25, 0.3) is 15.9 Å². The lowest BCUT2D eigenvalue weighted by atomic mass is 9.99. The van der Waals surface area contributed by atoms with E-state index >= 15 is 0 Å². The van der Waals surface area contributed by atoms with Crippen LogP contribution in [-0.4, -0.2) is 81.3 Å². The molecule has 3 aromatic rings. The second-order valence-electron chi connectivity index (χ2n) is 10.4. The van der Waals surface area contributed by atoms with Crippen LogP contribution in [0.4, 0.5) is 16.2 Å². The Morgan fingerprint density at radius 2 is 1.79 bits per heavy atom. The van der Waals surface area contributed by atoms with Crippen molar-refractivity contribution in [2.75, 3.05) is 43.9 Å². The molecule has 0 radical (unpaired) electrons. The highest BCUT2D eigenvalue weighted by molar-refractivity contribution is 7.92. The van der Waals surface area contributed by atoms with Gasteiger partial charge >= 0.3 is 6.03 Å². The number of aliphatic hydroxyl groups is 1. The van der Waals surface area contributed by atoms with Gasteiger partial charge in [-0.05, 0) is 73.7 Å². The van der Waals surface area contributed by atoms with Crippen molar-refractivity contribution in [3.63, 3.8) is 0 Å². The minimum absolute atomic E-state index is 0.00610. The number of rotatable bonds is 9. The van der Waals surface area contributed by atoms with E-state index in [1.54, 1.807) is 45.3 Å². The molecule has 13 heteroatoms. The molecule has 230 valence electrons. The van der Waals surface area contributed by atoms with Crippen molar-refractivity contribution in [1.82, 2.24) is 9.80 Å². The van der Waals surface area contributed by atoms with E-state index in [9.17, 15) is 23.1 Å². The van der Waals surface area contributed by atoms with E-state index in [1.165, 1.54) is 52.3 Å². The molecule has 0 saturated heterocycles. The summed E-state index contributed by atoms with van der Waals surface area (Å²) in [6.07, 6.45) is -0.538. The summed E-state index contributed by atoms with van der Waals surface area (Å²) in [4.78, 5) is 29.7. The van der Waals surface area contributed by atoms with Crippen molar-refractivity contribution in [2.45, 2.75) is 30.9 Å². The molecule has 0 aliphatic carbocycles. The zero-order valence-corrected chi connectivity index (χ0v) is 25.9. The normalized spacial score (nSPS) is 17.5. The quantitative estimate of drug-likeness (QED) is 0.316. The number of benzene rings is 3. The van der Waals surface area contributed by atoms with Crippen molar-refractivity contribution >= 4 is 44.9 Å². The second-order valence-corrected chi connectivity index (χ2v) is 12.6. The molecule has 3 aromatic carbocycles. The molecule has 3 amide bonds. The van der Waals surface area contributed by atoms with Crippen molar-refractivity contribution in [1.29, 1.82) is 0 Å². The standard InChI is InChI=1S/C30H35ClN4O7S/c1-19-16-35(20(2)18-36)29(37)26-15-23(33-43(39,40)25-12-5-21(31)6-13-25)9-14-27(26)42-28(19)17-34(3)30(38)32-22-7-10-24(41-4)11-8-22/h5-15,19-20,28,33,36H,16-18H2,1-4H3,(H,32,38)/t19-,20+,28-/m0/s1. The lowest BCUT2D eigenvalue weighted by Crippen LogP contribution is -2.50. The van der Waals surface area contributed by atoms with Crippen molar-refractivity contribution in [3.05, 3.63) is 77.3 Å². The molecule has 0 aromatic heterocycles. The number of anilines is 2. The zero-order chi connectivity index (χ0) is 31.3. The number of halogens is 1. The maximum absolute atomic E-state index is 13.7. The average molecular weight is 631 g/mol. The van der Waals surface area contributed by atoms with Gasteiger partial charge in [0, 0.05) is 35.9 Å².